The van der Waals surface area contributed by atoms with E-state index >= 15 is 0 Å². The Bertz CT molecular complexity index is 386. The number of carbonyl (C=O) groups is 1. The van der Waals surface area contributed by atoms with Gasteiger partial charge in [-0.2, -0.15) is 0 Å². The van der Waals surface area contributed by atoms with Crippen LogP contribution in [0.3, 0.4) is 0 Å². The molecule has 0 bridgehead atoms. The second kappa shape index (κ2) is 5.57. The van der Waals surface area contributed by atoms with E-state index in [1.165, 1.54) is 0 Å². The number of carbonyl (C=O) groups excluding carboxylic acids is 1. The third kappa shape index (κ3) is 3.35. The summed E-state index contributed by atoms with van der Waals surface area (Å²) in [6.07, 6.45) is 2.93. The SMILES string of the molecule is CC(O)CC(C)CNC(=O)C1CC1c1ccco1. The lowest BCUT2D eigenvalue weighted by molar-refractivity contribution is -0.122. The third-order valence-electron chi connectivity index (χ3n) is 3.40. The molecule has 0 aromatic carbocycles. The van der Waals surface area contributed by atoms with Gasteiger partial charge in [-0.05, 0) is 37.8 Å². The minimum Gasteiger partial charge on any atom is -0.469 e. The van der Waals surface area contributed by atoms with Crippen LogP contribution in [0.5, 0.6) is 0 Å². The number of aliphatic hydroxyl groups is 1. The van der Waals surface area contributed by atoms with Gasteiger partial charge in [-0.3, -0.25) is 4.79 Å². The van der Waals surface area contributed by atoms with Crippen molar-refractivity contribution >= 4 is 5.91 Å². The first-order chi connectivity index (χ1) is 8.58. The molecule has 1 amide bonds. The van der Waals surface area contributed by atoms with Crippen molar-refractivity contribution in [3.05, 3.63) is 24.2 Å². The lowest BCUT2D eigenvalue weighted by Crippen LogP contribution is -2.30. The van der Waals surface area contributed by atoms with E-state index in [0.29, 0.717) is 18.9 Å². The highest BCUT2D eigenvalue weighted by molar-refractivity contribution is 5.82. The van der Waals surface area contributed by atoms with E-state index in [0.717, 1.165) is 12.2 Å². The fourth-order valence-corrected chi connectivity index (χ4v) is 2.37. The van der Waals surface area contributed by atoms with E-state index < -0.39 is 0 Å². The first-order valence-corrected chi connectivity index (χ1v) is 6.57. The first-order valence-electron chi connectivity index (χ1n) is 6.57. The molecule has 18 heavy (non-hydrogen) atoms. The predicted molar refractivity (Wildman–Crippen MR) is 68.0 cm³/mol. The molecule has 1 saturated carbocycles. The molecule has 2 N–H and O–H groups in total. The van der Waals surface area contributed by atoms with Crippen LogP contribution in [0.4, 0.5) is 0 Å². The summed E-state index contributed by atoms with van der Waals surface area (Å²) >= 11 is 0. The molecule has 2 rings (SSSR count). The minimum atomic E-state index is -0.311. The van der Waals surface area contributed by atoms with Gasteiger partial charge in [0.15, 0.2) is 0 Å². The molecule has 1 aliphatic rings. The molecular weight excluding hydrogens is 230 g/mol. The molecule has 1 aliphatic carbocycles. The number of nitrogens with one attached hydrogen (secondary N) is 1. The zero-order valence-corrected chi connectivity index (χ0v) is 10.9. The summed E-state index contributed by atoms with van der Waals surface area (Å²) in [7, 11) is 0. The van der Waals surface area contributed by atoms with Gasteiger partial charge in [-0.1, -0.05) is 6.92 Å². The third-order valence-corrected chi connectivity index (χ3v) is 3.40. The molecular formula is C14H21NO3. The van der Waals surface area contributed by atoms with Crippen molar-refractivity contribution in [2.45, 2.75) is 38.7 Å². The zero-order chi connectivity index (χ0) is 13.1. The number of amides is 1. The number of aliphatic hydroxyl groups excluding tert-OH is 1. The quantitative estimate of drug-likeness (QED) is 0.811. The summed E-state index contributed by atoms with van der Waals surface area (Å²) in [5.74, 6) is 1.64. The number of hydrogen-bond acceptors (Lipinski definition) is 3. The van der Waals surface area contributed by atoms with Gasteiger partial charge in [0.25, 0.3) is 0 Å². The van der Waals surface area contributed by atoms with Gasteiger partial charge in [0.2, 0.25) is 5.91 Å². The van der Waals surface area contributed by atoms with Crippen molar-refractivity contribution < 1.29 is 14.3 Å². The fourth-order valence-electron chi connectivity index (χ4n) is 2.37. The smallest absolute Gasteiger partial charge is 0.223 e. The topological polar surface area (TPSA) is 62.5 Å². The van der Waals surface area contributed by atoms with Crippen LogP contribution in [0.15, 0.2) is 22.8 Å². The maximum atomic E-state index is 11.9. The molecule has 4 atom stereocenters. The van der Waals surface area contributed by atoms with Crippen LogP contribution in [0.1, 0.15) is 38.4 Å². The summed E-state index contributed by atoms with van der Waals surface area (Å²) < 4.78 is 5.30. The molecule has 100 valence electrons. The number of hydrogen-bond donors (Lipinski definition) is 2. The normalized spacial score (nSPS) is 25.5. The largest absolute Gasteiger partial charge is 0.469 e. The van der Waals surface area contributed by atoms with Crippen LogP contribution >= 0.6 is 0 Å². The van der Waals surface area contributed by atoms with Gasteiger partial charge in [-0.15, -0.1) is 0 Å². The maximum Gasteiger partial charge on any atom is 0.223 e. The van der Waals surface area contributed by atoms with Crippen molar-refractivity contribution in [3.63, 3.8) is 0 Å². The molecule has 4 nitrogen and oxygen atoms in total. The zero-order valence-electron chi connectivity index (χ0n) is 10.9. The van der Waals surface area contributed by atoms with Gasteiger partial charge in [0, 0.05) is 18.4 Å². The average Bonchev–Trinajstić information content (AvgIpc) is 2.92. The highest BCUT2D eigenvalue weighted by Crippen LogP contribution is 2.47. The average molecular weight is 251 g/mol. The Morgan fingerprint density at radius 3 is 3.00 bits per heavy atom. The highest BCUT2D eigenvalue weighted by Gasteiger charge is 2.45. The molecule has 1 heterocycles. The lowest BCUT2D eigenvalue weighted by atomic mass is 10.0. The van der Waals surface area contributed by atoms with Crippen molar-refractivity contribution in [2.75, 3.05) is 6.54 Å². The van der Waals surface area contributed by atoms with Crippen LogP contribution in [-0.2, 0) is 4.79 Å². The molecule has 0 radical (unpaired) electrons. The summed E-state index contributed by atoms with van der Waals surface area (Å²) in [6.45, 7) is 4.43. The van der Waals surface area contributed by atoms with Gasteiger partial charge in [0.05, 0.1) is 12.4 Å². The molecule has 0 aliphatic heterocycles. The lowest BCUT2D eigenvalue weighted by Gasteiger charge is -2.14. The van der Waals surface area contributed by atoms with Gasteiger partial charge >= 0.3 is 0 Å². The number of furan rings is 1. The fraction of sp³-hybridized carbons (Fsp3) is 0.643. The predicted octanol–water partition coefficient (Wildman–Crippen LogP) is 1.91. The van der Waals surface area contributed by atoms with E-state index in [4.69, 9.17) is 4.42 Å². The second-order valence-electron chi connectivity index (χ2n) is 5.40. The van der Waals surface area contributed by atoms with Crippen LogP contribution in [0, 0.1) is 11.8 Å². The monoisotopic (exact) mass is 251 g/mol. The van der Waals surface area contributed by atoms with E-state index in [9.17, 15) is 9.90 Å². The molecule has 4 unspecified atom stereocenters. The second-order valence-corrected chi connectivity index (χ2v) is 5.40. The van der Waals surface area contributed by atoms with E-state index in [1.807, 2.05) is 19.1 Å². The Balaban J connectivity index is 1.71. The van der Waals surface area contributed by atoms with Crippen LogP contribution in [0.2, 0.25) is 0 Å². The molecule has 0 spiro atoms. The Labute approximate surface area is 107 Å². The standard InChI is InChI=1S/C14H21NO3/c1-9(6-10(2)16)8-15-14(17)12-7-11(12)13-4-3-5-18-13/h3-5,9-12,16H,6-8H2,1-2H3,(H,15,17). The van der Waals surface area contributed by atoms with Gasteiger partial charge < -0.3 is 14.8 Å². The summed E-state index contributed by atoms with van der Waals surface area (Å²) in [5, 5.41) is 12.2. The Morgan fingerprint density at radius 2 is 2.39 bits per heavy atom. The van der Waals surface area contributed by atoms with Crippen LogP contribution < -0.4 is 5.32 Å². The van der Waals surface area contributed by atoms with Crippen molar-refractivity contribution in [3.8, 4) is 0 Å². The molecule has 1 aromatic heterocycles. The maximum absolute atomic E-state index is 11.9. The minimum absolute atomic E-state index is 0.0647. The van der Waals surface area contributed by atoms with Crippen molar-refractivity contribution in [1.82, 2.24) is 5.32 Å². The Hall–Kier alpha value is -1.29. The highest BCUT2D eigenvalue weighted by atomic mass is 16.3. The first kappa shape index (κ1) is 13.1. The van der Waals surface area contributed by atoms with E-state index in [1.54, 1.807) is 13.2 Å². The van der Waals surface area contributed by atoms with Crippen molar-refractivity contribution in [1.29, 1.82) is 0 Å². The molecule has 4 heteroatoms. The molecule has 0 saturated heterocycles. The summed E-state index contributed by atoms with van der Waals surface area (Å²) in [5.41, 5.74) is 0. The number of rotatable bonds is 6. The summed E-state index contributed by atoms with van der Waals surface area (Å²) in [6, 6.07) is 3.78. The van der Waals surface area contributed by atoms with Crippen molar-refractivity contribution in [2.24, 2.45) is 11.8 Å². The summed E-state index contributed by atoms with van der Waals surface area (Å²) in [4.78, 5) is 11.9. The van der Waals surface area contributed by atoms with E-state index in [-0.39, 0.29) is 23.8 Å². The van der Waals surface area contributed by atoms with Crippen LogP contribution in [0.25, 0.3) is 0 Å². The molecule has 1 fully saturated rings. The molecule has 1 aromatic rings. The van der Waals surface area contributed by atoms with Crippen LogP contribution in [-0.4, -0.2) is 23.7 Å². The Morgan fingerprint density at radius 1 is 1.61 bits per heavy atom. The van der Waals surface area contributed by atoms with Gasteiger partial charge in [-0.25, -0.2) is 0 Å². The van der Waals surface area contributed by atoms with Gasteiger partial charge in [0.1, 0.15) is 5.76 Å². The van der Waals surface area contributed by atoms with E-state index in [2.05, 4.69) is 5.32 Å². The Kier molecular flexibility index (Phi) is 4.07.